The molecule has 0 aliphatic carbocycles. The molecule has 0 saturated carbocycles. The number of benzene rings is 1. The van der Waals surface area contributed by atoms with Crippen LogP contribution in [0.3, 0.4) is 0 Å². The Bertz CT molecular complexity index is 333. The topological polar surface area (TPSA) is 44.5 Å². The second kappa shape index (κ2) is 5.78. The molecule has 5 heteroatoms. The van der Waals surface area contributed by atoms with E-state index in [0.29, 0.717) is 25.6 Å². The molecule has 0 bridgehead atoms. The zero-order valence-electron chi connectivity index (χ0n) is 8.43. The van der Waals surface area contributed by atoms with Crippen LogP contribution in [-0.2, 0) is 4.74 Å². The van der Waals surface area contributed by atoms with E-state index in [2.05, 4.69) is 0 Å². The van der Waals surface area contributed by atoms with Gasteiger partial charge in [-0.2, -0.15) is 0 Å². The highest BCUT2D eigenvalue weighted by Crippen LogP contribution is 2.28. The summed E-state index contributed by atoms with van der Waals surface area (Å²) >= 11 is 5.58. The highest BCUT2D eigenvalue weighted by molar-refractivity contribution is 6.31. The molecule has 15 heavy (non-hydrogen) atoms. The first-order valence-electron chi connectivity index (χ1n) is 4.60. The highest BCUT2D eigenvalue weighted by atomic mass is 35.5. The molecule has 1 aromatic rings. The van der Waals surface area contributed by atoms with E-state index in [9.17, 15) is 4.39 Å². The van der Waals surface area contributed by atoms with E-state index in [1.54, 1.807) is 0 Å². The molecule has 3 nitrogen and oxygen atoms in total. The van der Waals surface area contributed by atoms with E-state index in [1.807, 2.05) is 6.92 Å². The Labute approximate surface area is 92.9 Å². The monoisotopic (exact) mass is 233 g/mol. The minimum absolute atomic E-state index is 0.00406. The van der Waals surface area contributed by atoms with Gasteiger partial charge in [-0.3, -0.25) is 0 Å². The highest BCUT2D eigenvalue weighted by Gasteiger charge is 2.06. The molecule has 0 spiro atoms. The fourth-order valence-corrected chi connectivity index (χ4v) is 1.18. The lowest BCUT2D eigenvalue weighted by Crippen LogP contribution is -2.07. The average molecular weight is 234 g/mol. The van der Waals surface area contributed by atoms with Crippen molar-refractivity contribution in [3.05, 3.63) is 23.0 Å². The van der Waals surface area contributed by atoms with Gasteiger partial charge in [-0.1, -0.05) is 11.6 Å². The van der Waals surface area contributed by atoms with Crippen molar-refractivity contribution in [3.8, 4) is 5.75 Å². The summed E-state index contributed by atoms with van der Waals surface area (Å²) in [6.07, 6.45) is 0. The van der Waals surface area contributed by atoms with E-state index in [4.69, 9.17) is 26.8 Å². The maximum absolute atomic E-state index is 12.9. The molecule has 0 unspecified atom stereocenters. The van der Waals surface area contributed by atoms with Crippen molar-refractivity contribution in [1.29, 1.82) is 0 Å². The molecule has 0 fully saturated rings. The minimum Gasteiger partial charge on any atom is -0.489 e. The molecule has 0 radical (unpaired) electrons. The Hall–Kier alpha value is -1.00. The van der Waals surface area contributed by atoms with Crippen LogP contribution < -0.4 is 10.5 Å². The van der Waals surface area contributed by atoms with Crippen molar-refractivity contribution >= 4 is 17.3 Å². The molecule has 0 atom stereocenters. The summed E-state index contributed by atoms with van der Waals surface area (Å²) in [5.74, 6) is -0.174. The largest absolute Gasteiger partial charge is 0.489 e. The van der Waals surface area contributed by atoms with Gasteiger partial charge in [-0.05, 0) is 6.92 Å². The van der Waals surface area contributed by atoms with Crippen LogP contribution in [0, 0.1) is 5.82 Å². The van der Waals surface area contributed by atoms with Gasteiger partial charge in [0.05, 0.1) is 17.3 Å². The van der Waals surface area contributed by atoms with E-state index in [1.165, 1.54) is 6.07 Å². The number of rotatable bonds is 5. The quantitative estimate of drug-likeness (QED) is 0.628. The van der Waals surface area contributed by atoms with Gasteiger partial charge >= 0.3 is 0 Å². The summed E-state index contributed by atoms with van der Waals surface area (Å²) in [7, 11) is 0. The standard InChI is InChI=1S/C10H13ClFNO2/c1-2-14-3-4-15-10-5-7(11)8(12)6-9(10)13/h5-6H,2-4,13H2,1H3. The maximum atomic E-state index is 12.9. The van der Waals surface area contributed by atoms with Gasteiger partial charge in [0, 0.05) is 18.7 Å². The molecule has 2 N–H and O–H groups in total. The Morgan fingerprint density at radius 3 is 2.80 bits per heavy atom. The second-order valence-corrected chi connectivity index (χ2v) is 3.26. The van der Waals surface area contributed by atoms with Gasteiger partial charge in [-0.25, -0.2) is 4.39 Å². The first-order chi connectivity index (χ1) is 7.15. The van der Waals surface area contributed by atoms with Crippen molar-refractivity contribution in [3.63, 3.8) is 0 Å². The summed E-state index contributed by atoms with van der Waals surface area (Å²) in [6, 6.07) is 2.50. The molecular weight excluding hydrogens is 221 g/mol. The smallest absolute Gasteiger partial charge is 0.144 e. The van der Waals surface area contributed by atoms with Crippen LogP contribution in [0.4, 0.5) is 10.1 Å². The van der Waals surface area contributed by atoms with E-state index < -0.39 is 5.82 Å². The Morgan fingerprint density at radius 1 is 1.40 bits per heavy atom. The summed E-state index contributed by atoms with van der Waals surface area (Å²) in [5.41, 5.74) is 5.77. The van der Waals surface area contributed by atoms with Crippen LogP contribution in [0.25, 0.3) is 0 Å². The third kappa shape index (κ3) is 3.57. The molecule has 0 heterocycles. The molecule has 0 aliphatic heterocycles. The van der Waals surface area contributed by atoms with Crippen LogP contribution in [0.15, 0.2) is 12.1 Å². The molecule has 1 aromatic carbocycles. The SMILES string of the molecule is CCOCCOc1cc(Cl)c(F)cc1N. The Kier molecular flexibility index (Phi) is 4.65. The molecule has 1 rings (SSSR count). The van der Waals surface area contributed by atoms with Gasteiger partial charge in [0.2, 0.25) is 0 Å². The Morgan fingerprint density at radius 2 is 2.13 bits per heavy atom. The second-order valence-electron chi connectivity index (χ2n) is 2.85. The number of nitrogen functional groups attached to an aromatic ring is 1. The van der Waals surface area contributed by atoms with Gasteiger partial charge < -0.3 is 15.2 Å². The van der Waals surface area contributed by atoms with Gasteiger partial charge in [0.1, 0.15) is 18.2 Å². The summed E-state index contributed by atoms with van der Waals surface area (Å²) in [6.45, 7) is 3.34. The fraction of sp³-hybridized carbons (Fsp3) is 0.400. The molecule has 0 aliphatic rings. The minimum atomic E-state index is -0.550. The van der Waals surface area contributed by atoms with Crippen LogP contribution in [-0.4, -0.2) is 19.8 Å². The molecule has 84 valence electrons. The molecule has 0 aromatic heterocycles. The molecule has 0 saturated heterocycles. The first-order valence-corrected chi connectivity index (χ1v) is 4.98. The van der Waals surface area contributed by atoms with E-state index in [0.717, 1.165) is 6.07 Å². The van der Waals surface area contributed by atoms with Crippen molar-refractivity contribution in [2.75, 3.05) is 25.6 Å². The number of nitrogens with two attached hydrogens (primary N) is 1. The first kappa shape index (κ1) is 12.1. The fourth-order valence-electron chi connectivity index (χ4n) is 1.02. The predicted molar refractivity (Wildman–Crippen MR) is 57.8 cm³/mol. The lowest BCUT2D eigenvalue weighted by Gasteiger charge is -2.09. The number of hydrogen-bond donors (Lipinski definition) is 1. The van der Waals surface area contributed by atoms with Crippen molar-refractivity contribution in [2.24, 2.45) is 0 Å². The van der Waals surface area contributed by atoms with Crippen LogP contribution in [0.2, 0.25) is 5.02 Å². The zero-order chi connectivity index (χ0) is 11.3. The number of ether oxygens (including phenoxy) is 2. The van der Waals surface area contributed by atoms with Crippen molar-refractivity contribution < 1.29 is 13.9 Å². The lowest BCUT2D eigenvalue weighted by atomic mass is 10.3. The van der Waals surface area contributed by atoms with Gasteiger partial charge in [-0.15, -0.1) is 0 Å². The van der Waals surface area contributed by atoms with Gasteiger partial charge in [0.25, 0.3) is 0 Å². The number of hydrogen-bond acceptors (Lipinski definition) is 3. The lowest BCUT2D eigenvalue weighted by molar-refractivity contribution is 0.110. The molecular formula is C10H13ClFNO2. The summed E-state index contributed by atoms with van der Waals surface area (Å²) < 4.78 is 23.3. The summed E-state index contributed by atoms with van der Waals surface area (Å²) in [5, 5.41) is -0.00406. The normalized spacial score (nSPS) is 10.3. The van der Waals surface area contributed by atoms with Gasteiger partial charge in [0.15, 0.2) is 0 Å². The zero-order valence-corrected chi connectivity index (χ0v) is 9.18. The average Bonchev–Trinajstić information content (AvgIpc) is 2.20. The number of anilines is 1. The van der Waals surface area contributed by atoms with E-state index in [-0.39, 0.29) is 10.7 Å². The summed E-state index contributed by atoms with van der Waals surface area (Å²) in [4.78, 5) is 0. The van der Waals surface area contributed by atoms with Crippen molar-refractivity contribution in [1.82, 2.24) is 0 Å². The van der Waals surface area contributed by atoms with Crippen LogP contribution in [0.1, 0.15) is 6.92 Å². The van der Waals surface area contributed by atoms with Crippen molar-refractivity contribution in [2.45, 2.75) is 6.92 Å². The third-order valence-corrected chi connectivity index (χ3v) is 2.03. The Balaban J connectivity index is 2.57. The predicted octanol–water partition coefficient (Wildman–Crippen LogP) is 2.48. The van der Waals surface area contributed by atoms with Crippen LogP contribution >= 0.6 is 11.6 Å². The third-order valence-electron chi connectivity index (χ3n) is 1.74. The maximum Gasteiger partial charge on any atom is 0.144 e. The van der Waals surface area contributed by atoms with E-state index >= 15 is 0 Å². The number of halogens is 2. The van der Waals surface area contributed by atoms with Crippen LogP contribution in [0.5, 0.6) is 5.75 Å². The molecule has 0 amide bonds.